The Balaban J connectivity index is 1.58. The number of rotatable bonds is 18. The summed E-state index contributed by atoms with van der Waals surface area (Å²) in [4.78, 5) is 23.1. The SMILES string of the molecule is CCOC(=O)COc1ccccc1CSCCSCCSCc1ccccc1OCC(=O)OCC. The molecule has 2 aromatic carbocycles. The van der Waals surface area contributed by atoms with Crippen molar-refractivity contribution in [3.63, 3.8) is 0 Å². The Bertz CT molecular complexity index is 821. The van der Waals surface area contributed by atoms with Crippen LogP contribution in [0.1, 0.15) is 25.0 Å². The average Bonchev–Trinajstić information content (AvgIpc) is 2.86. The number of benzene rings is 2. The van der Waals surface area contributed by atoms with E-state index in [4.69, 9.17) is 18.9 Å². The van der Waals surface area contributed by atoms with Gasteiger partial charge in [0.15, 0.2) is 13.2 Å². The highest BCUT2D eigenvalue weighted by molar-refractivity contribution is 8.04. The molecule has 0 saturated carbocycles. The molecule has 0 bridgehead atoms. The van der Waals surface area contributed by atoms with Gasteiger partial charge in [0.25, 0.3) is 0 Å². The number of carbonyl (C=O) groups is 2. The molecule has 0 unspecified atom stereocenters. The minimum Gasteiger partial charge on any atom is -0.482 e. The molecule has 0 fully saturated rings. The highest BCUT2D eigenvalue weighted by atomic mass is 32.2. The number of esters is 2. The van der Waals surface area contributed by atoms with Gasteiger partial charge in [0.05, 0.1) is 13.2 Å². The standard InChI is InChI=1S/C26H34O6S3/c1-3-29-25(27)17-31-23-11-7-5-9-21(23)19-34-15-13-33-14-16-35-20-22-10-6-8-12-24(22)32-18-26(28)30-4-2/h5-12H,3-4,13-20H2,1-2H3. The van der Waals surface area contributed by atoms with Crippen LogP contribution in [0.3, 0.4) is 0 Å². The van der Waals surface area contributed by atoms with Crippen LogP contribution in [0.15, 0.2) is 48.5 Å². The van der Waals surface area contributed by atoms with Gasteiger partial charge in [-0.3, -0.25) is 0 Å². The van der Waals surface area contributed by atoms with E-state index in [1.807, 2.05) is 83.8 Å². The summed E-state index contributed by atoms with van der Waals surface area (Å²) in [6.07, 6.45) is 0. The summed E-state index contributed by atoms with van der Waals surface area (Å²) in [7, 11) is 0. The van der Waals surface area contributed by atoms with Crippen molar-refractivity contribution in [1.82, 2.24) is 0 Å². The van der Waals surface area contributed by atoms with Crippen LogP contribution in [0, 0.1) is 0 Å². The Morgan fingerprint density at radius 1 is 0.629 bits per heavy atom. The summed E-state index contributed by atoms with van der Waals surface area (Å²) < 4.78 is 21.1. The molecule has 0 amide bonds. The average molecular weight is 539 g/mol. The van der Waals surface area contributed by atoms with Crippen LogP contribution >= 0.6 is 35.3 Å². The number of carbonyl (C=O) groups excluding carboxylic acids is 2. The summed E-state index contributed by atoms with van der Waals surface area (Å²) in [5.41, 5.74) is 2.18. The van der Waals surface area contributed by atoms with Crippen LogP contribution in [0.5, 0.6) is 11.5 Å². The van der Waals surface area contributed by atoms with E-state index in [0.29, 0.717) is 13.2 Å². The van der Waals surface area contributed by atoms with Crippen molar-refractivity contribution in [3.8, 4) is 11.5 Å². The Morgan fingerprint density at radius 3 is 1.46 bits per heavy atom. The molecule has 6 nitrogen and oxygen atoms in total. The summed E-state index contributed by atoms with van der Waals surface area (Å²) in [6, 6.07) is 15.6. The molecule has 0 N–H and O–H groups in total. The molecule has 35 heavy (non-hydrogen) atoms. The predicted octanol–water partition coefficient (Wildman–Crippen LogP) is 5.47. The van der Waals surface area contributed by atoms with E-state index in [2.05, 4.69) is 0 Å². The molecule has 9 heteroatoms. The predicted molar refractivity (Wildman–Crippen MR) is 147 cm³/mol. The second-order valence-corrected chi connectivity index (χ2v) is 10.6. The largest absolute Gasteiger partial charge is 0.482 e. The molecule has 0 spiro atoms. The smallest absolute Gasteiger partial charge is 0.344 e. The van der Waals surface area contributed by atoms with Gasteiger partial charge >= 0.3 is 11.9 Å². The molecule has 0 atom stereocenters. The van der Waals surface area contributed by atoms with E-state index in [9.17, 15) is 9.59 Å². The lowest BCUT2D eigenvalue weighted by Gasteiger charge is -2.11. The van der Waals surface area contributed by atoms with Gasteiger partial charge in [-0.05, 0) is 26.0 Å². The molecule has 2 rings (SSSR count). The van der Waals surface area contributed by atoms with Crippen LogP contribution < -0.4 is 9.47 Å². The maximum atomic E-state index is 11.5. The minimum absolute atomic E-state index is 0.0644. The van der Waals surface area contributed by atoms with Crippen LogP contribution in [0.2, 0.25) is 0 Å². The van der Waals surface area contributed by atoms with Crippen molar-refractivity contribution in [2.24, 2.45) is 0 Å². The summed E-state index contributed by atoms with van der Waals surface area (Å²) >= 11 is 5.67. The highest BCUT2D eigenvalue weighted by Crippen LogP contribution is 2.25. The third kappa shape index (κ3) is 12.5. The number of hydrogen-bond donors (Lipinski definition) is 0. The molecule has 0 aromatic heterocycles. The number of ether oxygens (including phenoxy) is 4. The van der Waals surface area contributed by atoms with Crippen molar-refractivity contribution >= 4 is 47.2 Å². The molecule has 2 aromatic rings. The van der Waals surface area contributed by atoms with Crippen LogP contribution in [-0.2, 0) is 30.6 Å². The lowest BCUT2D eigenvalue weighted by atomic mass is 10.2. The molecular formula is C26H34O6S3. The van der Waals surface area contributed by atoms with E-state index in [1.54, 1.807) is 13.8 Å². The first-order chi connectivity index (χ1) is 17.1. The molecule has 0 heterocycles. The van der Waals surface area contributed by atoms with Crippen molar-refractivity contribution < 1.29 is 28.5 Å². The van der Waals surface area contributed by atoms with Crippen LogP contribution in [-0.4, -0.2) is 61.4 Å². The van der Waals surface area contributed by atoms with Crippen molar-refractivity contribution in [3.05, 3.63) is 59.7 Å². The van der Waals surface area contributed by atoms with E-state index in [0.717, 1.165) is 57.1 Å². The number of para-hydroxylation sites is 2. The topological polar surface area (TPSA) is 71.1 Å². The normalized spacial score (nSPS) is 10.6. The van der Waals surface area contributed by atoms with Gasteiger partial charge in [0.2, 0.25) is 0 Å². The van der Waals surface area contributed by atoms with Gasteiger partial charge in [0, 0.05) is 45.6 Å². The lowest BCUT2D eigenvalue weighted by Crippen LogP contribution is -2.15. The van der Waals surface area contributed by atoms with E-state index < -0.39 is 0 Å². The van der Waals surface area contributed by atoms with E-state index in [1.165, 1.54) is 0 Å². The number of hydrogen-bond acceptors (Lipinski definition) is 9. The molecule has 192 valence electrons. The van der Waals surface area contributed by atoms with Gasteiger partial charge in [-0.2, -0.15) is 35.3 Å². The zero-order valence-corrected chi connectivity index (χ0v) is 22.8. The van der Waals surface area contributed by atoms with Gasteiger partial charge in [-0.1, -0.05) is 36.4 Å². The van der Waals surface area contributed by atoms with Gasteiger partial charge in [-0.25, -0.2) is 9.59 Å². The first-order valence-electron chi connectivity index (χ1n) is 11.6. The Hall–Kier alpha value is -1.97. The maximum absolute atomic E-state index is 11.5. The third-order valence-corrected chi connectivity index (χ3v) is 8.02. The highest BCUT2D eigenvalue weighted by Gasteiger charge is 2.08. The molecule has 0 aliphatic rings. The summed E-state index contributed by atoms with van der Waals surface area (Å²) in [5.74, 6) is 6.72. The van der Waals surface area contributed by atoms with E-state index in [-0.39, 0.29) is 25.2 Å². The van der Waals surface area contributed by atoms with Gasteiger partial charge in [0.1, 0.15) is 11.5 Å². The third-order valence-electron chi connectivity index (χ3n) is 4.51. The molecule has 0 aliphatic carbocycles. The monoisotopic (exact) mass is 538 g/mol. The Kier molecular flexibility index (Phi) is 15.3. The first kappa shape index (κ1) is 29.3. The second kappa shape index (κ2) is 18.3. The van der Waals surface area contributed by atoms with Crippen molar-refractivity contribution in [1.29, 1.82) is 0 Å². The van der Waals surface area contributed by atoms with Crippen molar-refractivity contribution in [2.45, 2.75) is 25.4 Å². The van der Waals surface area contributed by atoms with Gasteiger partial charge < -0.3 is 18.9 Å². The maximum Gasteiger partial charge on any atom is 0.344 e. The van der Waals surface area contributed by atoms with Gasteiger partial charge in [-0.15, -0.1) is 0 Å². The van der Waals surface area contributed by atoms with E-state index >= 15 is 0 Å². The fraction of sp³-hybridized carbons (Fsp3) is 0.462. The molecule has 0 saturated heterocycles. The Labute approximate surface area is 221 Å². The van der Waals surface area contributed by atoms with Crippen LogP contribution in [0.25, 0.3) is 0 Å². The fourth-order valence-corrected chi connectivity index (χ4v) is 6.20. The zero-order chi connectivity index (χ0) is 25.1. The lowest BCUT2D eigenvalue weighted by molar-refractivity contribution is -0.146. The van der Waals surface area contributed by atoms with Crippen LogP contribution in [0.4, 0.5) is 0 Å². The number of thioether (sulfide) groups is 3. The second-order valence-electron chi connectivity index (χ2n) is 7.12. The fourth-order valence-electron chi connectivity index (χ4n) is 2.91. The molecular weight excluding hydrogens is 504 g/mol. The molecule has 0 aliphatic heterocycles. The summed E-state index contributed by atoms with van der Waals surface area (Å²) in [5, 5.41) is 0. The molecule has 0 radical (unpaired) electrons. The minimum atomic E-state index is -0.350. The summed E-state index contributed by atoms with van der Waals surface area (Å²) in [6.45, 7) is 4.15. The quantitative estimate of drug-likeness (QED) is 0.181. The van der Waals surface area contributed by atoms with Crippen molar-refractivity contribution in [2.75, 3.05) is 49.4 Å². The first-order valence-corrected chi connectivity index (χ1v) is 15.1. The zero-order valence-electron chi connectivity index (χ0n) is 20.4. The Morgan fingerprint density at radius 2 is 1.03 bits per heavy atom.